The zero-order valence-electron chi connectivity index (χ0n) is 9.71. The molecule has 2 rings (SSSR count). The molecule has 1 aromatic carbocycles. The molecule has 6 heteroatoms. The van der Waals surface area contributed by atoms with Gasteiger partial charge in [-0.2, -0.15) is 5.26 Å². The number of nitrogens with two attached hydrogens (primary N) is 1. The van der Waals surface area contributed by atoms with Gasteiger partial charge >= 0.3 is 0 Å². The standard InChI is InChI=1S/C12H11N3O2S/c1-16-11-4-8(5-13)2-3-10(11)17-7-9-6-15-12(14)18-9/h2-4,6H,7H2,1H3,(H2,14,15). The Hall–Kier alpha value is -2.26. The van der Waals surface area contributed by atoms with Crippen molar-refractivity contribution in [1.29, 1.82) is 5.26 Å². The molecule has 0 fully saturated rings. The van der Waals surface area contributed by atoms with Crippen LogP contribution in [0.1, 0.15) is 10.4 Å². The molecular weight excluding hydrogens is 250 g/mol. The van der Waals surface area contributed by atoms with Crippen LogP contribution in [0.15, 0.2) is 24.4 Å². The number of ether oxygens (including phenoxy) is 2. The van der Waals surface area contributed by atoms with Crippen molar-refractivity contribution in [3.8, 4) is 17.6 Å². The molecule has 18 heavy (non-hydrogen) atoms. The van der Waals surface area contributed by atoms with Crippen molar-refractivity contribution in [3.63, 3.8) is 0 Å². The van der Waals surface area contributed by atoms with Gasteiger partial charge in [0.2, 0.25) is 0 Å². The Kier molecular flexibility index (Phi) is 3.65. The fraction of sp³-hybridized carbons (Fsp3) is 0.167. The number of rotatable bonds is 4. The van der Waals surface area contributed by atoms with Crippen LogP contribution < -0.4 is 15.2 Å². The van der Waals surface area contributed by atoms with Crippen LogP contribution in [0.3, 0.4) is 0 Å². The first-order chi connectivity index (χ1) is 8.72. The number of aromatic nitrogens is 1. The molecule has 0 atom stereocenters. The lowest BCUT2D eigenvalue weighted by molar-refractivity contribution is 0.287. The number of hydrogen-bond acceptors (Lipinski definition) is 6. The van der Waals surface area contributed by atoms with Crippen molar-refractivity contribution < 1.29 is 9.47 Å². The summed E-state index contributed by atoms with van der Waals surface area (Å²) in [4.78, 5) is 4.87. The number of nitrogens with zero attached hydrogens (tertiary/aromatic N) is 2. The minimum absolute atomic E-state index is 0.372. The molecule has 92 valence electrons. The first-order valence-electron chi connectivity index (χ1n) is 5.14. The lowest BCUT2D eigenvalue weighted by Crippen LogP contribution is -1.96. The van der Waals surface area contributed by atoms with E-state index >= 15 is 0 Å². The van der Waals surface area contributed by atoms with Gasteiger partial charge in [0.1, 0.15) is 6.61 Å². The molecule has 0 saturated carbocycles. The van der Waals surface area contributed by atoms with Gasteiger partial charge < -0.3 is 15.2 Å². The highest BCUT2D eigenvalue weighted by atomic mass is 32.1. The summed E-state index contributed by atoms with van der Waals surface area (Å²) in [5, 5.41) is 9.31. The second-order valence-corrected chi connectivity index (χ2v) is 4.58. The average molecular weight is 261 g/mol. The van der Waals surface area contributed by atoms with Gasteiger partial charge in [0, 0.05) is 12.3 Å². The number of nitrogen functional groups attached to an aromatic ring is 1. The number of benzene rings is 1. The largest absolute Gasteiger partial charge is 0.493 e. The molecule has 1 aromatic heterocycles. The van der Waals surface area contributed by atoms with E-state index in [1.807, 2.05) is 6.07 Å². The summed E-state index contributed by atoms with van der Waals surface area (Å²) in [5.74, 6) is 1.12. The molecule has 0 saturated heterocycles. The molecule has 0 aliphatic rings. The third kappa shape index (κ3) is 2.70. The maximum Gasteiger partial charge on any atom is 0.180 e. The summed E-state index contributed by atoms with van der Waals surface area (Å²) in [6, 6.07) is 7.07. The highest BCUT2D eigenvalue weighted by molar-refractivity contribution is 7.15. The van der Waals surface area contributed by atoms with Crippen molar-refractivity contribution in [3.05, 3.63) is 34.8 Å². The van der Waals surface area contributed by atoms with Crippen molar-refractivity contribution in [1.82, 2.24) is 4.98 Å². The van der Waals surface area contributed by atoms with Crippen molar-refractivity contribution in [2.24, 2.45) is 0 Å². The summed E-state index contributed by atoms with van der Waals surface area (Å²) in [6.45, 7) is 0.372. The number of hydrogen-bond donors (Lipinski definition) is 1. The van der Waals surface area contributed by atoms with Crippen molar-refractivity contribution in [2.45, 2.75) is 6.61 Å². The zero-order chi connectivity index (χ0) is 13.0. The second kappa shape index (κ2) is 5.38. The smallest absolute Gasteiger partial charge is 0.180 e. The molecule has 0 spiro atoms. The highest BCUT2D eigenvalue weighted by Crippen LogP contribution is 2.29. The first kappa shape index (κ1) is 12.2. The molecule has 2 N–H and O–H groups in total. The van der Waals surface area contributed by atoms with Gasteiger partial charge in [0.05, 0.1) is 23.6 Å². The van der Waals surface area contributed by atoms with E-state index in [0.29, 0.717) is 28.8 Å². The van der Waals surface area contributed by atoms with Gasteiger partial charge in [0.15, 0.2) is 16.6 Å². The first-order valence-corrected chi connectivity index (χ1v) is 5.95. The van der Waals surface area contributed by atoms with Crippen LogP contribution in [0.5, 0.6) is 11.5 Å². The number of anilines is 1. The van der Waals surface area contributed by atoms with Crippen LogP contribution in [-0.2, 0) is 6.61 Å². The number of thiazole rings is 1. The Morgan fingerprint density at radius 3 is 2.89 bits per heavy atom. The summed E-state index contributed by atoms with van der Waals surface area (Å²) < 4.78 is 10.8. The minimum atomic E-state index is 0.372. The van der Waals surface area contributed by atoms with Crippen LogP contribution in [0, 0.1) is 11.3 Å². The van der Waals surface area contributed by atoms with E-state index < -0.39 is 0 Å². The van der Waals surface area contributed by atoms with Gasteiger partial charge in [-0.05, 0) is 12.1 Å². The van der Waals surface area contributed by atoms with Crippen LogP contribution in [-0.4, -0.2) is 12.1 Å². The molecule has 0 aliphatic heterocycles. The predicted molar refractivity (Wildman–Crippen MR) is 68.6 cm³/mol. The second-order valence-electron chi connectivity index (χ2n) is 3.43. The van der Waals surface area contributed by atoms with E-state index in [9.17, 15) is 0 Å². The monoisotopic (exact) mass is 261 g/mol. The Balaban J connectivity index is 2.12. The van der Waals surface area contributed by atoms with Gasteiger partial charge in [-0.25, -0.2) is 4.98 Å². The summed E-state index contributed by atoms with van der Waals surface area (Å²) in [7, 11) is 1.54. The van der Waals surface area contributed by atoms with E-state index in [1.165, 1.54) is 18.4 Å². The molecule has 5 nitrogen and oxygen atoms in total. The fourth-order valence-electron chi connectivity index (χ4n) is 1.39. The number of methoxy groups -OCH3 is 1. The Labute approximate surface area is 108 Å². The normalized spacial score (nSPS) is 9.78. The van der Waals surface area contributed by atoms with Crippen molar-refractivity contribution >= 4 is 16.5 Å². The molecule has 2 aromatic rings. The Morgan fingerprint density at radius 2 is 2.28 bits per heavy atom. The lowest BCUT2D eigenvalue weighted by Gasteiger charge is -2.09. The van der Waals surface area contributed by atoms with Crippen LogP contribution in [0.2, 0.25) is 0 Å². The van der Waals surface area contributed by atoms with E-state index in [1.54, 1.807) is 24.4 Å². The summed E-state index contributed by atoms with van der Waals surface area (Å²) >= 11 is 1.38. The van der Waals surface area contributed by atoms with Crippen LogP contribution in [0.25, 0.3) is 0 Å². The van der Waals surface area contributed by atoms with Gasteiger partial charge in [0.25, 0.3) is 0 Å². The quantitative estimate of drug-likeness (QED) is 0.912. The maximum absolute atomic E-state index is 8.79. The highest BCUT2D eigenvalue weighted by Gasteiger charge is 2.07. The molecule has 0 aliphatic carbocycles. The summed E-state index contributed by atoms with van der Waals surface area (Å²) in [5.41, 5.74) is 6.06. The minimum Gasteiger partial charge on any atom is -0.493 e. The lowest BCUT2D eigenvalue weighted by atomic mass is 10.2. The number of nitriles is 1. The molecule has 0 radical (unpaired) electrons. The topological polar surface area (TPSA) is 81.2 Å². The molecule has 0 bridgehead atoms. The van der Waals surface area contributed by atoms with Gasteiger partial charge in [-0.3, -0.25) is 0 Å². The Morgan fingerprint density at radius 1 is 1.44 bits per heavy atom. The van der Waals surface area contributed by atoms with Crippen LogP contribution >= 0.6 is 11.3 Å². The van der Waals surface area contributed by atoms with Crippen molar-refractivity contribution in [2.75, 3.05) is 12.8 Å². The van der Waals surface area contributed by atoms with Gasteiger partial charge in [-0.1, -0.05) is 11.3 Å². The molecular formula is C12H11N3O2S. The average Bonchev–Trinajstić information content (AvgIpc) is 2.82. The van der Waals surface area contributed by atoms with Crippen LogP contribution in [0.4, 0.5) is 5.13 Å². The predicted octanol–water partition coefficient (Wildman–Crippen LogP) is 2.18. The SMILES string of the molecule is COc1cc(C#N)ccc1OCc1cnc(N)s1. The van der Waals surface area contributed by atoms with E-state index in [0.717, 1.165) is 4.88 Å². The molecule has 1 heterocycles. The third-order valence-corrected chi connectivity index (χ3v) is 3.03. The third-order valence-electron chi connectivity index (χ3n) is 2.23. The molecule has 0 amide bonds. The van der Waals surface area contributed by atoms with E-state index in [-0.39, 0.29) is 0 Å². The fourth-order valence-corrected chi connectivity index (χ4v) is 1.99. The van der Waals surface area contributed by atoms with Gasteiger partial charge in [-0.15, -0.1) is 0 Å². The zero-order valence-corrected chi connectivity index (χ0v) is 10.5. The Bertz CT molecular complexity index is 589. The molecule has 0 unspecified atom stereocenters. The van der Waals surface area contributed by atoms with E-state index in [2.05, 4.69) is 4.98 Å². The van der Waals surface area contributed by atoms with E-state index in [4.69, 9.17) is 20.5 Å². The maximum atomic E-state index is 8.79. The summed E-state index contributed by atoms with van der Waals surface area (Å²) in [6.07, 6.45) is 1.68.